The molecule has 2 rings (SSSR count). The van der Waals surface area contributed by atoms with Gasteiger partial charge in [-0.05, 0) is 30.7 Å². The summed E-state index contributed by atoms with van der Waals surface area (Å²) in [6.07, 6.45) is 0.502. The number of carboxylic acids is 1. The number of carboxylic acid groups (broad SMARTS) is 1. The van der Waals surface area contributed by atoms with Gasteiger partial charge in [0.2, 0.25) is 0 Å². The van der Waals surface area contributed by atoms with Crippen LogP contribution in [0.15, 0.2) is 24.3 Å². The van der Waals surface area contributed by atoms with Crippen LogP contribution in [0.5, 0.6) is 5.75 Å². The Kier molecular flexibility index (Phi) is 6.10. The number of hydrogen-bond acceptors (Lipinski definition) is 3. The molecule has 1 aromatic carbocycles. The molecule has 1 N–H and O–H groups in total. The summed E-state index contributed by atoms with van der Waals surface area (Å²) in [5.74, 6) is -0.946. The molecule has 1 saturated heterocycles. The zero-order valence-corrected chi connectivity index (χ0v) is 12.2. The van der Waals surface area contributed by atoms with Crippen molar-refractivity contribution >= 4 is 35.9 Å². The number of aliphatic carboxylic acids is 1. The van der Waals surface area contributed by atoms with Crippen molar-refractivity contribution in [1.82, 2.24) is 4.90 Å². The van der Waals surface area contributed by atoms with Gasteiger partial charge in [-0.2, -0.15) is 0 Å². The molecule has 110 valence electrons. The number of rotatable bonds is 4. The summed E-state index contributed by atoms with van der Waals surface area (Å²) < 4.78 is 5.33. The van der Waals surface area contributed by atoms with Crippen LogP contribution in [0.1, 0.15) is 6.42 Å². The molecule has 1 amide bonds. The lowest BCUT2D eigenvalue weighted by Crippen LogP contribution is -2.33. The summed E-state index contributed by atoms with van der Waals surface area (Å²) in [6.45, 7) is 0.645. The number of hydrogen-bond donors (Lipinski definition) is 1. The third kappa shape index (κ3) is 4.28. The van der Waals surface area contributed by atoms with Gasteiger partial charge in [0.1, 0.15) is 5.75 Å². The zero-order valence-electron chi connectivity index (χ0n) is 10.6. The van der Waals surface area contributed by atoms with E-state index in [1.165, 1.54) is 4.90 Å². The minimum atomic E-state index is -0.853. The Labute approximate surface area is 127 Å². The van der Waals surface area contributed by atoms with Gasteiger partial charge in [0.05, 0.1) is 5.92 Å². The highest BCUT2D eigenvalue weighted by Crippen LogP contribution is 2.18. The second kappa shape index (κ2) is 7.36. The van der Waals surface area contributed by atoms with E-state index in [1.54, 1.807) is 24.3 Å². The highest BCUT2D eigenvalue weighted by atomic mass is 35.5. The van der Waals surface area contributed by atoms with E-state index < -0.39 is 11.9 Å². The average molecular weight is 320 g/mol. The van der Waals surface area contributed by atoms with Gasteiger partial charge in [-0.1, -0.05) is 11.6 Å². The van der Waals surface area contributed by atoms with E-state index in [0.717, 1.165) is 0 Å². The molecule has 1 aliphatic heterocycles. The van der Waals surface area contributed by atoms with Crippen LogP contribution >= 0.6 is 24.0 Å². The lowest BCUT2D eigenvalue weighted by molar-refractivity contribution is -0.141. The fourth-order valence-electron chi connectivity index (χ4n) is 1.96. The van der Waals surface area contributed by atoms with Crippen molar-refractivity contribution in [1.29, 1.82) is 0 Å². The molecule has 1 fully saturated rings. The summed E-state index contributed by atoms with van der Waals surface area (Å²) in [4.78, 5) is 24.2. The Hall–Kier alpha value is -1.46. The highest BCUT2D eigenvalue weighted by molar-refractivity contribution is 6.30. The van der Waals surface area contributed by atoms with Crippen LogP contribution in [0, 0.1) is 5.92 Å². The summed E-state index contributed by atoms with van der Waals surface area (Å²) >= 11 is 5.74. The average Bonchev–Trinajstić information content (AvgIpc) is 2.87. The van der Waals surface area contributed by atoms with Gasteiger partial charge in [0.25, 0.3) is 5.91 Å². The van der Waals surface area contributed by atoms with Crippen LogP contribution in [-0.2, 0) is 9.59 Å². The van der Waals surface area contributed by atoms with Crippen molar-refractivity contribution < 1.29 is 19.4 Å². The van der Waals surface area contributed by atoms with Gasteiger partial charge >= 0.3 is 5.97 Å². The maximum atomic E-state index is 11.8. The molecule has 0 saturated carbocycles. The lowest BCUT2D eigenvalue weighted by atomic mass is 10.1. The number of carbonyl (C=O) groups excluding carboxylic acids is 1. The van der Waals surface area contributed by atoms with Crippen molar-refractivity contribution in [2.45, 2.75) is 6.42 Å². The first-order valence-corrected chi connectivity index (χ1v) is 6.33. The van der Waals surface area contributed by atoms with Gasteiger partial charge in [0, 0.05) is 18.1 Å². The first kappa shape index (κ1) is 16.6. The maximum Gasteiger partial charge on any atom is 0.308 e. The second-order valence-electron chi connectivity index (χ2n) is 4.41. The minimum absolute atomic E-state index is 0. The monoisotopic (exact) mass is 319 g/mol. The predicted molar refractivity (Wildman–Crippen MR) is 76.5 cm³/mol. The Balaban J connectivity index is 0.00000200. The topological polar surface area (TPSA) is 66.8 Å². The molecule has 5 nitrogen and oxygen atoms in total. The van der Waals surface area contributed by atoms with Crippen molar-refractivity contribution in [2.75, 3.05) is 19.7 Å². The number of carbonyl (C=O) groups is 2. The molecule has 1 aliphatic rings. The quantitative estimate of drug-likeness (QED) is 0.922. The Morgan fingerprint density at radius 2 is 2.00 bits per heavy atom. The third-order valence-electron chi connectivity index (χ3n) is 3.07. The van der Waals surface area contributed by atoms with Crippen molar-refractivity contribution in [3.63, 3.8) is 0 Å². The van der Waals surface area contributed by atoms with Gasteiger partial charge in [0.15, 0.2) is 6.61 Å². The number of nitrogens with zero attached hydrogens (tertiary/aromatic N) is 1. The van der Waals surface area contributed by atoms with Crippen molar-refractivity contribution in [2.24, 2.45) is 5.92 Å². The lowest BCUT2D eigenvalue weighted by Gasteiger charge is -2.16. The van der Waals surface area contributed by atoms with Gasteiger partial charge in [-0.3, -0.25) is 9.59 Å². The van der Waals surface area contributed by atoms with Crippen molar-refractivity contribution in [3.8, 4) is 5.75 Å². The molecular weight excluding hydrogens is 305 g/mol. The van der Waals surface area contributed by atoms with Gasteiger partial charge in [-0.25, -0.2) is 0 Å². The third-order valence-corrected chi connectivity index (χ3v) is 3.32. The molecule has 0 aliphatic carbocycles. The molecule has 7 heteroatoms. The smallest absolute Gasteiger partial charge is 0.308 e. The first-order valence-electron chi connectivity index (χ1n) is 5.95. The maximum absolute atomic E-state index is 11.8. The Morgan fingerprint density at radius 3 is 2.55 bits per heavy atom. The Morgan fingerprint density at radius 1 is 1.35 bits per heavy atom. The van der Waals surface area contributed by atoms with Gasteiger partial charge < -0.3 is 14.7 Å². The largest absolute Gasteiger partial charge is 0.484 e. The molecule has 1 unspecified atom stereocenters. The van der Waals surface area contributed by atoms with Crippen molar-refractivity contribution in [3.05, 3.63) is 29.3 Å². The molecule has 0 bridgehead atoms. The van der Waals surface area contributed by atoms with E-state index in [2.05, 4.69) is 0 Å². The summed E-state index contributed by atoms with van der Waals surface area (Å²) in [5, 5.41) is 9.46. The molecule has 0 radical (unpaired) electrons. The molecular formula is C13H15Cl2NO4. The number of halogens is 2. The molecule has 1 heterocycles. The van der Waals surface area contributed by atoms with Crippen LogP contribution in [0.25, 0.3) is 0 Å². The van der Waals surface area contributed by atoms with Crippen LogP contribution in [0.3, 0.4) is 0 Å². The van der Waals surface area contributed by atoms with Crippen LogP contribution in [-0.4, -0.2) is 41.6 Å². The van der Waals surface area contributed by atoms with Crippen LogP contribution < -0.4 is 4.74 Å². The van der Waals surface area contributed by atoms with E-state index in [9.17, 15) is 9.59 Å². The molecule has 1 atom stereocenters. The number of ether oxygens (including phenoxy) is 1. The fourth-order valence-corrected chi connectivity index (χ4v) is 2.08. The normalized spacial score (nSPS) is 17.4. The standard InChI is InChI=1S/C13H14ClNO4.ClH/c14-10-1-3-11(4-2-10)19-8-12(16)15-6-5-9(7-15)13(17)18;/h1-4,9H,5-8H2,(H,17,18);1H. The molecule has 20 heavy (non-hydrogen) atoms. The zero-order chi connectivity index (χ0) is 13.8. The SMILES string of the molecule is Cl.O=C(O)C1CCN(C(=O)COc2ccc(Cl)cc2)C1. The summed E-state index contributed by atoms with van der Waals surface area (Å²) in [7, 11) is 0. The Bertz CT molecular complexity index is 478. The van der Waals surface area contributed by atoms with E-state index in [4.69, 9.17) is 21.4 Å². The fraction of sp³-hybridized carbons (Fsp3) is 0.385. The summed E-state index contributed by atoms with van der Waals surface area (Å²) in [6, 6.07) is 6.72. The van der Waals surface area contributed by atoms with Gasteiger partial charge in [-0.15, -0.1) is 12.4 Å². The number of benzene rings is 1. The first-order chi connectivity index (χ1) is 9.06. The van der Waals surface area contributed by atoms with E-state index in [1.807, 2.05) is 0 Å². The van der Waals surface area contributed by atoms with Crippen LogP contribution in [0.4, 0.5) is 0 Å². The molecule has 0 aromatic heterocycles. The second-order valence-corrected chi connectivity index (χ2v) is 4.84. The van der Waals surface area contributed by atoms with E-state index in [-0.39, 0.29) is 31.5 Å². The number of amides is 1. The predicted octanol–water partition coefficient (Wildman–Crippen LogP) is 2.07. The van der Waals surface area contributed by atoms with E-state index >= 15 is 0 Å². The van der Waals surface area contributed by atoms with E-state index in [0.29, 0.717) is 23.7 Å². The summed E-state index contributed by atoms with van der Waals surface area (Å²) in [5.41, 5.74) is 0. The minimum Gasteiger partial charge on any atom is -0.484 e. The molecule has 1 aromatic rings. The molecule has 0 spiro atoms. The number of likely N-dealkylation sites (tertiary alicyclic amines) is 1. The van der Waals surface area contributed by atoms with Crippen LogP contribution in [0.2, 0.25) is 5.02 Å². The highest BCUT2D eigenvalue weighted by Gasteiger charge is 2.30.